The van der Waals surface area contributed by atoms with Crippen LogP contribution in [0.15, 0.2) is 382 Å². The number of para-hydroxylation sites is 3. The average Bonchev–Trinajstić information content (AvgIpc) is 1.60. The molecule has 8 heteroatoms. The van der Waals surface area contributed by atoms with E-state index in [1.807, 2.05) is 76.7 Å². The Kier molecular flexibility index (Phi) is 13.9. The van der Waals surface area contributed by atoms with Crippen LogP contribution in [0.1, 0.15) is 64.7 Å². The first kappa shape index (κ1) is 66.1. The maximum absolute atomic E-state index is 5.23. The Morgan fingerprint density at radius 3 is 1.19 bits per heavy atom. The molecule has 0 radical (unpaired) electrons. The minimum absolute atomic E-state index is 0.325. The van der Waals surface area contributed by atoms with Gasteiger partial charge in [-0.1, -0.05) is 309 Å². The first-order chi connectivity index (χ1) is 58.5. The molecule has 28 rings (SSSR count). The highest BCUT2D eigenvalue weighted by atomic mass is 32.1. The SMILES string of the molecule is c1ccc2c(c1)-c1c(-c3cnc4ccccc4n3)cccc1C21c2ccccc2-c2c1sc1ccccc21.c1ccc2c(c1)-c1ccc(-c3ccc4ccc5cccnc5c4n3)cc1C21c2ccccc2-c2c1sc1ccccc21.c1ccc2c(c1)-c1ccccc1C21c2cccc(-c3ccc4ccccc4n3)c2-c2c1sc1ccccc21. The third-order valence-corrected chi connectivity index (χ3v) is 30.0. The number of thiophene rings is 3. The van der Waals surface area contributed by atoms with Crippen molar-refractivity contribution < 1.29 is 0 Å². The summed E-state index contributed by atoms with van der Waals surface area (Å²) in [7, 11) is 0. The van der Waals surface area contributed by atoms with E-state index in [1.54, 1.807) is 0 Å². The number of hydrogen-bond acceptors (Lipinski definition) is 8. The third kappa shape index (κ3) is 8.79. The van der Waals surface area contributed by atoms with E-state index in [-0.39, 0.29) is 16.2 Å². The van der Waals surface area contributed by atoms with Gasteiger partial charge in [0.15, 0.2) is 0 Å². The summed E-state index contributed by atoms with van der Waals surface area (Å²) in [5, 5.41) is 7.41. The first-order valence-electron chi connectivity index (χ1n) is 40.3. The number of fused-ring (bicyclic) bond motifs is 41. The molecule has 0 fully saturated rings. The van der Waals surface area contributed by atoms with Gasteiger partial charge >= 0.3 is 0 Å². The van der Waals surface area contributed by atoms with E-state index in [4.69, 9.17) is 24.9 Å². The smallest absolute Gasteiger partial charge is 0.0972 e. The van der Waals surface area contributed by atoms with E-state index in [2.05, 4.69) is 340 Å². The van der Waals surface area contributed by atoms with E-state index in [0.29, 0.717) is 0 Å². The second-order valence-electron chi connectivity index (χ2n) is 31.7. The van der Waals surface area contributed by atoms with Gasteiger partial charge in [-0.3, -0.25) is 9.97 Å². The van der Waals surface area contributed by atoms with Crippen LogP contribution in [0.4, 0.5) is 0 Å². The molecule has 3 spiro atoms. The zero-order valence-corrected chi connectivity index (χ0v) is 65.8. The van der Waals surface area contributed by atoms with Gasteiger partial charge in [0.05, 0.1) is 67.1 Å². The summed E-state index contributed by atoms with van der Waals surface area (Å²) >= 11 is 5.84. The molecule has 0 amide bonds. The normalized spacial score (nSPS) is 15.6. The lowest BCUT2D eigenvalue weighted by molar-refractivity contribution is 0.812. The molecule has 5 nitrogen and oxygen atoms in total. The molecule has 0 aliphatic heterocycles. The first-order valence-corrected chi connectivity index (χ1v) is 42.8. The van der Waals surface area contributed by atoms with E-state index in [0.717, 1.165) is 66.6 Å². The second kappa shape index (κ2) is 24.9. The Bertz CT molecular complexity index is 8100. The average molecular weight is 1550 g/mol. The molecule has 0 N–H and O–H groups in total. The van der Waals surface area contributed by atoms with Crippen molar-refractivity contribution in [3.8, 4) is 101 Å². The summed E-state index contributed by atoms with van der Waals surface area (Å²) in [6.45, 7) is 0. The van der Waals surface area contributed by atoms with E-state index in [9.17, 15) is 0 Å². The monoisotopic (exact) mass is 1550 g/mol. The number of pyridine rings is 3. The zero-order valence-electron chi connectivity index (χ0n) is 63.3. The molecule has 546 valence electrons. The lowest BCUT2D eigenvalue weighted by Gasteiger charge is -2.29. The molecular weight excluding hydrogens is 1490 g/mol. The van der Waals surface area contributed by atoms with E-state index >= 15 is 0 Å². The van der Waals surface area contributed by atoms with Crippen LogP contribution in [0.25, 0.3) is 175 Å². The molecular formula is C110H63N5S3. The summed E-state index contributed by atoms with van der Waals surface area (Å²) in [5.41, 5.74) is 38.4. The molecule has 2 unspecified atom stereocenters. The van der Waals surface area contributed by atoms with Crippen LogP contribution in [0.2, 0.25) is 0 Å². The maximum atomic E-state index is 5.23. The van der Waals surface area contributed by atoms with Gasteiger partial charge in [-0.05, 0) is 161 Å². The molecule has 2 atom stereocenters. The summed E-state index contributed by atoms with van der Waals surface area (Å²) < 4.78 is 4.02. The number of hydrogen-bond donors (Lipinski definition) is 0. The largest absolute Gasteiger partial charge is 0.254 e. The third-order valence-electron chi connectivity index (χ3n) is 26.1. The van der Waals surface area contributed by atoms with Crippen molar-refractivity contribution in [2.75, 3.05) is 0 Å². The fourth-order valence-electron chi connectivity index (χ4n) is 21.5. The van der Waals surface area contributed by atoms with Crippen molar-refractivity contribution >= 4 is 108 Å². The zero-order chi connectivity index (χ0) is 77.1. The fourth-order valence-corrected chi connectivity index (χ4v) is 25.8. The number of rotatable bonds is 3. The molecule has 7 heterocycles. The highest BCUT2D eigenvalue weighted by molar-refractivity contribution is 7.21. The minimum Gasteiger partial charge on any atom is -0.254 e. The topological polar surface area (TPSA) is 64.5 Å². The summed E-state index contributed by atoms with van der Waals surface area (Å²) in [5.74, 6) is 0. The lowest BCUT2D eigenvalue weighted by atomic mass is 9.73. The highest BCUT2D eigenvalue weighted by Gasteiger charge is 2.57. The van der Waals surface area contributed by atoms with Gasteiger partial charge < -0.3 is 0 Å². The highest BCUT2D eigenvalue weighted by Crippen LogP contribution is 2.71. The molecule has 7 aromatic heterocycles. The quantitative estimate of drug-likeness (QED) is 0.165. The Morgan fingerprint density at radius 1 is 0.212 bits per heavy atom. The molecule has 0 bridgehead atoms. The van der Waals surface area contributed by atoms with Gasteiger partial charge in [0, 0.05) is 101 Å². The molecule has 15 aromatic carbocycles. The summed E-state index contributed by atoms with van der Waals surface area (Å²) in [6, 6.07) is 135. The Balaban J connectivity index is 0.0000000964. The van der Waals surface area contributed by atoms with E-state index in [1.165, 1.54) is 173 Å². The van der Waals surface area contributed by atoms with Gasteiger partial charge in [0.1, 0.15) is 0 Å². The molecule has 0 saturated carbocycles. The van der Waals surface area contributed by atoms with Crippen LogP contribution in [0.5, 0.6) is 0 Å². The van der Waals surface area contributed by atoms with Gasteiger partial charge in [-0.2, -0.15) is 0 Å². The van der Waals surface area contributed by atoms with Crippen molar-refractivity contribution in [2.24, 2.45) is 0 Å². The maximum Gasteiger partial charge on any atom is 0.0972 e. The van der Waals surface area contributed by atoms with Crippen LogP contribution < -0.4 is 0 Å². The lowest BCUT2D eigenvalue weighted by Crippen LogP contribution is -2.24. The van der Waals surface area contributed by atoms with Crippen LogP contribution in [-0.4, -0.2) is 24.9 Å². The minimum atomic E-state index is -0.358. The second-order valence-corrected chi connectivity index (χ2v) is 34.8. The van der Waals surface area contributed by atoms with Crippen molar-refractivity contribution in [3.63, 3.8) is 0 Å². The Labute approximate surface area is 691 Å². The number of nitrogens with zero attached hydrogens (tertiary/aromatic N) is 5. The summed E-state index contributed by atoms with van der Waals surface area (Å²) in [4.78, 5) is 29.2. The van der Waals surface area contributed by atoms with Gasteiger partial charge in [0.25, 0.3) is 0 Å². The Hall–Kier alpha value is -14.3. The molecule has 118 heavy (non-hydrogen) atoms. The van der Waals surface area contributed by atoms with Crippen molar-refractivity contribution in [1.82, 2.24) is 24.9 Å². The molecule has 0 saturated heterocycles. The predicted octanol–water partition coefficient (Wildman–Crippen LogP) is 28.3. The summed E-state index contributed by atoms with van der Waals surface area (Å²) in [6.07, 6.45) is 3.78. The van der Waals surface area contributed by atoms with Crippen molar-refractivity contribution in [3.05, 3.63) is 447 Å². The molecule has 22 aromatic rings. The molecule has 6 aliphatic carbocycles. The van der Waals surface area contributed by atoms with E-state index < -0.39 is 0 Å². The van der Waals surface area contributed by atoms with Crippen LogP contribution in [0, 0.1) is 0 Å². The molecule has 6 aliphatic rings. The van der Waals surface area contributed by atoms with Crippen LogP contribution in [0.3, 0.4) is 0 Å². The fraction of sp³-hybridized carbons (Fsp3) is 0.0273. The standard InChI is InChI=1S/C39H22N2S.C36H21NS.C35H20N2S/c1-4-12-30-26(9-1)27-19-17-25(33-20-18-24-16-15-23-8-7-21-40-36(23)37(24)41-33)22-32(27)39(30)31-13-5-2-10-28(31)35-29-11-3-6-14-34(29)42-38(35)39;1-7-18-30-22(10-1)20-21-31(37-30)25-14-9-17-29-33(25)34-26-13-4-8-19-32(26)38-35(34)36(29)27-15-5-2-11-23(27)24-12-3-6-16-28(24)36;1-4-14-25-21(10-1)32-23(30-20-36-28-17-6-7-18-29(28)37-30)13-9-16-27(32)35(25)26-15-5-2-11-22(26)33-24-12-3-8-19-31(24)38-34(33)35/h1-22H;1-21H;1-20H. The van der Waals surface area contributed by atoms with Gasteiger partial charge in [-0.25, -0.2) is 15.0 Å². The van der Waals surface area contributed by atoms with Crippen LogP contribution in [-0.2, 0) is 16.2 Å². The van der Waals surface area contributed by atoms with Gasteiger partial charge in [0.2, 0.25) is 0 Å². The van der Waals surface area contributed by atoms with Crippen molar-refractivity contribution in [2.45, 2.75) is 16.2 Å². The van der Waals surface area contributed by atoms with Crippen LogP contribution >= 0.6 is 34.0 Å². The Morgan fingerprint density at radius 2 is 0.602 bits per heavy atom. The number of aromatic nitrogens is 5. The van der Waals surface area contributed by atoms with Gasteiger partial charge in [-0.15, -0.1) is 34.0 Å². The van der Waals surface area contributed by atoms with Crippen molar-refractivity contribution in [1.29, 1.82) is 0 Å². The predicted molar refractivity (Wildman–Crippen MR) is 490 cm³/mol. The number of benzene rings is 15.